The second-order valence-electron chi connectivity index (χ2n) is 5.18. The second-order valence-corrected chi connectivity index (χ2v) is 5.62. The van der Waals surface area contributed by atoms with Crippen LogP contribution in [0.3, 0.4) is 0 Å². The molecule has 2 rings (SSSR count). The summed E-state index contributed by atoms with van der Waals surface area (Å²) < 4.78 is 5.13. The predicted molar refractivity (Wildman–Crippen MR) is 90.6 cm³/mol. The smallest absolute Gasteiger partial charge is 0.191 e. The van der Waals surface area contributed by atoms with Crippen LogP contribution in [-0.2, 0) is 6.54 Å². The van der Waals surface area contributed by atoms with Gasteiger partial charge in [0.15, 0.2) is 5.96 Å². The molecule has 1 aromatic heterocycles. The van der Waals surface area contributed by atoms with Gasteiger partial charge in [-0.15, -0.1) is 0 Å². The van der Waals surface area contributed by atoms with Gasteiger partial charge in [-0.1, -0.05) is 28.9 Å². The highest BCUT2D eigenvalue weighted by Crippen LogP contribution is 2.17. The summed E-state index contributed by atoms with van der Waals surface area (Å²) in [4.78, 5) is 4.14. The van der Waals surface area contributed by atoms with Crippen LogP contribution in [0.5, 0.6) is 0 Å². The van der Waals surface area contributed by atoms with Crippen LogP contribution in [0.15, 0.2) is 33.8 Å². The average Bonchev–Trinajstić information content (AvgIpc) is 2.86. The first-order chi connectivity index (χ1) is 11.0. The molecule has 0 aliphatic heterocycles. The number of halogens is 1. The van der Waals surface area contributed by atoms with Crippen molar-refractivity contribution in [2.45, 2.75) is 26.5 Å². The van der Waals surface area contributed by atoms with Crippen LogP contribution in [0.2, 0.25) is 5.02 Å². The molecule has 0 aliphatic carbocycles. The van der Waals surface area contributed by atoms with Crippen molar-refractivity contribution in [3.63, 3.8) is 0 Å². The molecule has 3 N–H and O–H groups in total. The lowest BCUT2D eigenvalue weighted by molar-refractivity contribution is 0.181. The average molecular weight is 337 g/mol. The summed E-state index contributed by atoms with van der Waals surface area (Å²) >= 11 is 5.93. The Labute approximate surface area is 140 Å². The zero-order valence-electron chi connectivity index (χ0n) is 13.4. The Kier molecular flexibility index (Phi) is 6.01. The minimum absolute atomic E-state index is 0.321. The highest BCUT2D eigenvalue weighted by molar-refractivity contribution is 6.30. The fourth-order valence-electron chi connectivity index (χ4n) is 2.17. The molecule has 0 saturated heterocycles. The summed E-state index contributed by atoms with van der Waals surface area (Å²) in [6, 6.07) is 7.16. The highest BCUT2D eigenvalue weighted by Gasteiger charge is 2.11. The number of rotatable bonds is 5. The van der Waals surface area contributed by atoms with E-state index in [4.69, 9.17) is 16.1 Å². The molecule has 1 heterocycles. The number of guanidine groups is 1. The van der Waals surface area contributed by atoms with Gasteiger partial charge in [0.25, 0.3) is 0 Å². The van der Waals surface area contributed by atoms with Gasteiger partial charge in [-0.3, -0.25) is 4.99 Å². The maximum absolute atomic E-state index is 10.2. The summed E-state index contributed by atoms with van der Waals surface area (Å²) in [6.07, 6.45) is -0.675. The van der Waals surface area contributed by atoms with E-state index in [1.165, 1.54) is 0 Å². The third-order valence-electron chi connectivity index (χ3n) is 3.53. The first-order valence-corrected chi connectivity index (χ1v) is 7.69. The van der Waals surface area contributed by atoms with E-state index >= 15 is 0 Å². The van der Waals surface area contributed by atoms with E-state index < -0.39 is 6.10 Å². The van der Waals surface area contributed by atoms with Crippen LogP contribution < -0.4 is 10.6 Å². The van der Waals surface area contributed by atoms with Crippen LogP contribution in [0.25, 0.3) is 0 Å². The third-order valence-corrected chi connectivity index (χ3v) is 3.77. The van der Waals surface area contributed by atoms with E-state index in [-0.39, 0.29) is 0 Å². The van der Waals surface area contributed by atoms with Gasteiger partial charge >= 0.3 is 0 Å². The molecule has 0 radical (unpaired) electrons. The molecule has 0 saturated carbocycles. The lowest BCUT2D eigenvalue weighted by Crippen LogP contribution is -2.39. The molecule has 1 aromatic carbocycles. The Morgan fingerprint density at radius 2 is 2.17 bits per heavy atom. The lowest BCUT2D eigenvalue weighted by Gasteiger charge is -2.16. The van der Waals surface area contributed by atoms with Gasteiger partial charge in [0, 0.05) is 30.7 Å². The van der Waals surface area contributed by atoms with Gasteiger partial charge in [-0.25, -0.2) is 0 Å². The molecule has 0 aliphatic rings. The van der Waals surface area contributed by atoms with Crippen LogP contribution in [-0.4, -0.2) is 29.8 Å². The van der Waals surface area contributed by atoms with Crippen LogP contribution >= 0.6 is 11.6 Å². The maximum Gasteiger partial charge on any atom is 0.191 e. The predicted octanol–water partition coefficient (Wildman–Crippen LogP) is 2.34. The Bertz CT molecular complexity index is 665. The van der Waals surface area contributed by atoms with E-state index in [1.54, 1.807) is 19.2 Å². The van der Waals surface area contributed by atoms with Gasteiger partial charge in [-0.2, -0.15) is 0 Å². The monoisotopic (exact) mass is 336 g/mol. The summed E-state index contributed by atoms with van der Waals surface area (Å²) in [6.45, 7) is 4.64. The second kappa shape index (κ2) is 7.99. The van der Waals surface area contributed by atoms with Crippen molar-refractivity contribution in [1.82, 2.24) is 15.8 Å². The highest BCUT2D eigenvalue weighted by atomic mass is 35.5. The molecular weight excluding hydrogens is 316 g/mol. The van der Waals surface area contributed by atoms with Crippen molar-refractivity contribution in [3.8, 4) is 0 Å². The zero-order chi connectivity index (χ0) is 16.8. The third kappa shape index (κ3) is 4.71. The summed E-state index contributed by atoms with van der Waals surface area (Å²) in [5, 5.41) is 21.0. The summed E-state index contributed by atoms with van der Waals surface area (Å²) in [7, 11) is 1.68. The number of aryl methyl sites for hydroxylation is 2. The van der Waals surface area contributed by atoms with Crippen molar-refractivity contribution in [3.05, 3.63) is 51.9 Å². The van der Waals surface area contributed by atoms with Gasteiger partial charge in [0.05, 0.1) is 11.8 Å². The van der Waals surface area contributed by atoms with E-state index in [1.807, 2.05) is 26.0 Å². The van der Waals surface area contributed by atoms with E-state index in [2.05, 4.69) is 20.8 Å². The summed E-state index contributed by atoms with van der Waals surface area (Å²) in [5.74, 6) is 1.37. The SMILES string of the molecule is CN=C(NCc1c(C)noc1C)NCC(O)c1cccc(Cl)c1. The van der Waals surface area contributed by atoms with E-state index in [0.717, 1.165) is 22.6 Å². The number of aromatic nitrogens is 1. The molecule has 0 amide bonds. The standard InChI is InChI=1S/C16H21ClN4O2/c1-10-14(11(2)23-21-10)8-19-16(18-3)20-9-15(22)12-5-4-6-13(17)7-12/h4-7,15,22H,8-9H2,1-3H3,(H2,18,19,20). The van der Waals surface area contributed by atoms with Crippen LogP contribution in [0, 0.1) is 13.8 Å². The molecule has 0 bridgehead atoms. The topological polar surface area (TPSA) is 82.7 Å². The Morgan fingerprint density at radius 1 is 1.39 bits per heavy atom. The molecule has 7 heteroatoms. The van der Waals surface area contributed by atoms with Crippen molar-refractivity contribution in [2.24, 2.45) is 4.99 Å². The molecule has 0 fully saturated rings. The fraction of sp³-hybridized carbons (Fsp3) is 0.375. The van der Waals surface area contributed by atoms with Gasteiger partial charge in [0.2, 0.25) is 0 Å². The van der Waals surface area contributed by atoms with Crippen LogP contribution in [0.1, 0.15) is 28.7 Å². The number of benzene rings is 1. The Morgan fingerprint density at radius 3 is 2.78 bits per heavy atom. The van der Waals surface area contributed by atoms with Crippen LogP contribution in [0.4, 0.5) is 0 Å². The molecule has 2 aromatic rings. The van der Waals surface area contributed by atoms with Crippen molar-refractivity contribution < 1.29 is 9.63 Å². The maximum atomic E-state index is 10.2. The minimum Gasteiger partial charge on any atom is -0.387 e. The number of aliphatic hydroxyl groups is 1. The molecule has 1 unspecified atom stereocenters. The number of nitrogens with zero attached hydrogens (tertiary/aromatic N) is 2. The number of nitrogens with one attached hydrogen (secondary N) is 2. The fourth-order valence-corrected chi connectivity index (χ4v) is 2.37. The van der Waals surface area contributed by atoms with Gasteiger partial charge in [0.1, 0.15) is 5.76 Å². The number of aliphatic hydroxyl groups excluding tert-OH is 1. The first kappa shape index (κ1) is 17.3. The summed E-state index contributed by atoms with van der Waals surface area (Å²) in [5.41, 5.74) is 2.61. The quantitative estimate of drug-likeness (QED) is 0.576. The van der Waals surface area contributed by atoms with Crippen molar-refractivity contribution >= 4 is 17.6 Å². The Balaban J connectivity index is 1.88. The largest absolute Gasteiger partial charge is 0.387 e. The molecule has 0 spiro atoms. The molecule has 124 valence electrons. The molecule has 6 nitrogen and oxygen atoms in total. The molecule has 1 atom stereocenters. The van der Waals surface area contributed by atoms with Gasteiger partial charge < -0.3 is 20.3 Å². The number of hydrogen-bond acceptors (Lipinski definition) is 4. The Hall–Kier alpha value is -2.05. The number of aliphatic imine (C=N–C) groups is 1. The van der Waals surface area contributed by atoms with Crippen molar-refractivity contribution in [2.75, 3.05) is 13.6 Å². The minimum atomic E-state index is -0.675. The lowest BCUT2D eigenvalue weighted by atomic mass is 10.1. The molecule has 23 heavy (non-hydrogen) atoms. The normalized spacial score (nSPS) is 13.0. The number of hydrogen-bond donors (Lipinski definition) is 3. The zero-order valence-corrected chi connectivity index (χ0v) is 14.2. The van der Waals surface area contributed by atoms with Gasteiger partial charge in [-0.05, 0) is 31.5 Å². The van der Waals surface area contributed by atoms with E-state index in [9.17, 15) is 5.11 Å². The molecular formula is C16H21ClN4O2. The first-order valence-electron chi connectivity index (χ1n) is 7.31. The van der Waals surface area contributed by atoms with Crippen molar-refractivity contribution in [1.29, 1.82) is 0 Å². The van der Waals surface area contributed by atoms with E-state index in [0.29, 0.717) is 24.1 Å².